The molecule has 9 aromatic rings. The molecule has 396 valence electrons. The quantitative estimate of drug-likeness (QED) is 0.0565. The Kier molecular flexibility index (Phi) is 16.7. The third kappa shape index (κ3) is 12.2. The molecule has 3 N–H and O–H groups in total. The van der Waals surface area contributed by atoms with Crippen LogP contribution in [0, 0.1) is 12.3 Å². The van der Waals surface area contributed by atoms with Gasteiger partial charge in [-0.3, -0.25) is 33.5 Å². The van der Waals surface area contributed by atoms with E-state index in [1.54, 1.807) is 51.1 Å². The van der Waals surface area contributed by atoms with E-state index in [4.69, 9.17) is 37.0 Å². The smallest absolute Gasteiger partial charge is 0.341 e. The molecular formula is C50H42Cl2N10O12S3. The van der Waals surface area contributed by atoms with Crippen LogP contribution in [0.25, 0.3) is 22.8 Å². The summed E-state index contributed by atoms with van der Waals surface area (Å²) in [7, 11) is 1.38. The number of hydrogen-bond acceptors (Lipinski definition) is 19. The van der Waals surface area contributed by atoms with Crippen molar-refractivity contribution in [2.24, 2.45) is 5.41 Å². The topological polar surface area (TPSA) is 292 Å². The number of aryl methyl sites for hydroxylation is 1. The number of ketones is 1. The average molecular weight is 1140 g/mol. The predicted molar refractivity (Wildman–Crippen MR) is 285 cm³/mol. The Labute approximate surface area is 457 Å². The Balaban J connectivity index is 0.000000204. The van der Waals surface area contributed by atoms with Gasteiger partial charge in [-0.15, -0.1) is 34.4 Å². The molecule has 0 radical (unpaired) electrons. The van der Waals surface area contributed by atoms with Gasteiger partial charge in [0, 0.05) is 44.8 Å². The van der Waals surface area contributed by atoms with E-state index in [9.17, 15) is 43.8 Å². The Hall–Kier alpha value is -8.23. The first-order valence-corrected chi connectivity index (χ1v) is 26.0. The molecule has 0 aliphatic heterocycles. The van der Waals surface area contributed by atoms with E-state index in [-0.39, 0.29) is 70.4 Å². The molecule has 0 aliphatic rings. The van der Waals surface area contributed by atoms with Crippen LogP contribution in [0.15, 0.2) is 121 Å². The second kappa shape index (κ2) is 23.3. The first kappa shape index (κ1) is 55.0. The number of hydrogen-bond donors (Lipinski definition) is 3. The Morgan fingerprint density at radius 2 is 1.57 bits per heavy atom. The summed E-state index contributed by atoms with van der Waals surface area (Å²) in [4.78, 5) is 95.7. The highest BCUT2D eigenvalue weighted by Gasteiger charge is 2.31. The molecule has 0 saturated carbocycles. The fourth-order valence-corrected chi connectivity index (χ4v) is 10.6. The lowest BCUT2D eigenvalue weighted by Gasteiger charge is -2.17. The molecule has 0 amide bonds. The van der Waals surface area contributed by atoms with Gasteiger partial charge < -0.3 is 33.9 Å². The maximum absolute atomic E-state index is 13.4. The van der Waals surface area contributed by atoms with Crippen LogP contribution in [-0.2, 0) is 25.4 Å². The van der Waals surface area contributed by atoms with Crippen LogP contribution in [0.4, 0.5) is 5.82 Å². The van der Waals surface area contributed by atoms with Crippen LogP contribution < -0.4 is 21.2 Å². The number of methoxy groups -OCH3 is 1. The molecule has 0 bridgehead atoms. The van der Waals surface area contributed by atoms with Gasteiger partial charge >= 0.3 is 17.8 Å². The molecule has 0 unspecified atom stereocenters. The first-order valence-electron chi connectivity index (χ1n) is 22.6. The van der Waals surface area contributed by atoms with E-state index < -0.39 is 57.8 Å². The molecular weight excluding hydrogens is 1100 g/mol. The molecule has 9 rings (SSSR count). The number of halogens is 2. The maximum atomic E-state index is 13.4. The van der Waals surface area contributed by atoms with Gasteiger partial charge in [0.15, 0.2) is 17.3 Å². The fourth-order valence-electron chi connectivity index (χ4n) is 7.49. The van der Waals surface area contributed by atoms with Gasteiger partial charge in [-0.25, -0.2) is 9.59 Å². The number of carbonyl (C=O) groups excluding carboxylic acids is 3. The number of ether oxygens (including phenoxy) is 1. The van der Waals surface area contributed by atoms with Crippen LogP contribution in [0.2, 0.25) is 8.67 Å². The van der Waals surface area contributed by atoms with E-state index in [1.807, 2.05) is 12.1 Å². The van der Waals surface area contributed by atoms with Crippen LogP contribution >= 0.6 is 57.6 Å². The van der Waals surface area contributed by atoms with E-state index >= 15 is 0 Å². The molecule has 0 fully saturated rings. The van der Waals surface area contributed by atoms with Gasteiger partial charge in [-0.05, 0) is 67.1 Å². The standard InChI is InChI=1S/C27H25ClN4O5S2.C23H17ClN6O7S/c1-15-11-19(31(24(34)23(15)25(35)36)13-20(33)17-7-5-6-10-29-17)18-12-22(32(30-18)26(37)27(2,3)4)38-14-16-8-9-21(28)39-16;1-35-19-18(15-4-3-14(23(33)34)21(31)29(15)10-12-8-27-36-11-12)28-30(22(32)16-6-7-26-37-16)20(19)25-9-13-2-5-17(24)38-13/h5-12H,13-14H2,1-4H3,(H,35,36);2-8,11,25H,9-10H2,1H3,(H,33,34). The van der Waals surface area contributed by atoms with E-state index in [1.165, 1.54) is 113 Å². The summed E-state index contributed by atoms with van der Waals surface area (Å²) in [5, 5.41) is 39.1. The second-order valence-electron chi connectivity index (χ2n) is 17.5. The highest BCUT2D eigenvalue weighted by atomic mass is 35.5. The zero-order valence-electron chi connectivity index (χ0n) is 41.0. The van der Waals surface area contributed by atoms with Crippen molar-refractivity contribution in [3.8, 4) is 28.5 Å². The van der Waals surface area contributed by atoms with Crippen molar-refractivity contribution in [2.45, 2.75) is 58.1 Å². The van der Waals surface area contributed by atoms with Crippen molar-refractivity contribution in [3.05, 3.63) is 170 Å². The van der Waals surface area contributed by atoms with Crippen molar-refractivity contribution in [1.82, 2.24) is 44.0 Å². The number of thioether (sulfide) groups is 1. The van der Waals surface area contributed by atoms with Crippen LogP contribution in [0.3, 0.4) is 0 Å². The lowest BCUT2D eigenvalue weighted by Crippen LogP contribution is -2.32. The predicted octanol–water partition coefficient (Wildman–Crippen LogP) is 9.15. The van der Waals surface area contributed by atoms with Crippen LogP contribution in [0.1, 0.15) is 88.2 Å². The number of rotatable bonds is 17. The zero-order chi connectivity index (χ0) is 55.3. The lowest BCUT2D eigenvalue weighted by atomic mass is 9.96. The van der Waals surface area contributed by atoms with Crippen LogP contribution in [-0.4, -0.2) is 90.9 Å². The van der Waals surface area contributed by atoms with Crippen molar-refractivity contribution in [3.63, 3.8) is 0 Å². The fraction of sp³-hybridized carbons (Fsp3) is 0.200. The van der Waals surface area contributed by atoms with Crippen molar-refractivity contribution < 1.29 is 48.0 Å². The zero-order valence-corrected chi connectivity index (χ0v) is 45.0. The minimum Gasteiger partial charge on any atom is -0.491 e. The summed E-state index contributed by atoms with van der Waals surface area (Å²) in [6.07, 6.45) is 5.49. The molecule has 0 atom stereocenters. The molecule has 22 nitrogen and oxygen atoms in total. The summed E-state index contributed by atoms with van der Waals surface area (Å²) in [5.74, 6) is -3.46. The number of nitrogens with one attached hydrogen (secondary N) is 1. The number of carbonyl (C=O) groups is 5. The number of carboxylic acid groups (broad SMARTS) is 2. The summed E-state index contributed by atoms with van der Waals surface area (Å²) >= 11 is 16.3. The molecule has 0 aliphatic carbocycles. The number of pyridine rings is 3. The normalized spacial score (nSPS) is 11.3. The second-order valence-corrected chi connectivity index (χ2v) is 22.1. The highest BCUT2D eigenvalue weighted by molar-refractivity contribution is 7.98. The molecule has 0 spiro atoms. The number of carboxylic acids is 2. The summed E-state index contributed by atoms with van der Waals surface area (Å²) < 4.78 is 21.4. The van der Waals surface area contributed by atoms with Gasteiger partial charge in [-0.1, -0.05) is 60.4 Å². The largest absolute Gasteiger partial charge is 0.491 e. The Morgan fingerprint density at radius 3 is 2.17 bits per heavy atom. The number of Topliss-reactive ketones (excluding diaryl/α,β-unsaturated/α-hetero) is 1. The first-order chi connectivity index (χ1) is 36.7. The van der Waals surface area contributed by atoms with E-state index in [0.29, 0.717) is 25.0 Å². The Morgan fingerprint density at radius 1 is 0.831 bits per heavy atom. The minimum absolute atomic E-state index is 0.0820. The summed E-state index contributed by atoms with van der Waals surface area (Å²) in [6.45, 7) is 6.57. The van der Waals surface area contributed by atoms with Crippen molar-refractivity contribution in [2.75, 3.05) is 12.4 Å². The van der Waals surface area contributed by atoms with E-state index in [0.717, 1.165) is 19.0 Å². The molecule has 0 aromatic carbocycles. The number of aromatic carboxylic acids is 2. The maximum Gasteiger partial charge on any atom is 0.341 e. The number of aromatic nitrogens is 9. The van der Waals surface area contributed by atoms with Crippen molar-refractivity contribution in [1.29, 1.82) is 0 Å². The average Bonchev–Trinajstić information content (AvgIpc) is 4.27. The van der Waals surface area contributed by atoms with Gasteiger partial charge in [-0.2, -0.15) is 19.6 Å². The number of anilines is 1. The number of thiophene rings is 2. The Bertz CT molecular complexity index is 3800. The summed E-state index contributed by atoms with van der Waals surface area (Å²) in [5.41, 5.74) is -1.70. The molecule has 27 heteroatoms. The van der Waals surface area contributed by atoms with Gasteiger partial charge in [0.05, 0.1) is 59.2 Å². The van der Waals surface area contributed by atoms with Gasteiger partial charge in [0.1, 0.15) is 33.8 Å². The molecule has 0 saturated heterocycles. The van der Waals surface area contributed by atoms with Crippen molar-refractivity contribution >= 4 is 93.0 Å². The molecule has 77 heavy (non-hydrogen) atoms. The molecule has 9 aromatic heterocycles. The third-order valence-electron chi connectivity index (χ3n) is 11.1. The van der Waals surface area contributed by atoms with Crippen LogP contribution in [0.5, 0.6) is 5.75 Å². The van der Waals surface area contributed by atoms with E-state index in [2.05, 4.69) is 30.8 Å². The monoisotopic (exact) mass is 1140 g/mol. The molecule has 9 heterocycles. The number of nitrogens with zero attached hydrogens (tertiary/aromatic N) is 9. The van der Waals surface area contributed by atoms with Gasteiger partial charge in [0.2, 0.25) is 11.5 Å². The third-order valence-corrected chi connectivity index (χ3v) is 14.8. The SMILES string of the molecule is COc1c(-c2ccc(C(=O)O)c(=O)n2Cc2cnoc2)nn(C(=O)c2ccno2)c1NCc1ccc(Cl)s1.Cc1cc(-c2cc(SCc3ccc(Cl)s3)n(C(=O)C(C)(C)C)n2)n(CC(=O)c2ccccn2)c(=O)c1C(=O)O. The van der Waals surface area contributed by atoms with Gasteiger partial charge in [0.25, 0.3) is 17.0 Å². The highest BCUT2D eigenvalue weighted by Crippen LogP contribution is 2.38. The minimum atomic E-state index is -1.40. The lowest BCUT2D eigenvalue weighted by molar-refractivity contribution is 0.0682. The summed E-state index contributed by atoms with van der Waals surface area (Å²) in [6, 6.07) is 19.2.